The SMILES string of the molecule is Cc1c(C)c([Si](F)(F)F)c(C)c(C)c1[Si](F)(F)F. The van der Waals surface area contributed by atoms with Crippen LogP contribution in [-0.4, -0.2) is 18.2 Å². The fourth-order valence-corrected chi connectivity index (χ4v) is 4.61. The molecule has 0 saturated carbocycles. The van der Waals surface area contributed by atoms with Crippen LogP contribution in [0.15, 0.2) is 0 Å². The van der Waals surface area contributed by atoms with E-state index in [9.17, 15) is 24.6 Å². The van der Waals surface area contributed by atoms with Crippen LogP contribution in [0.3, 0.4) is 0 Å². The average molecular weight is 302 g/mol. The maximum absolute atomic E-state index is 13.0. The zero-order valence-electron chi connectivity index (χ0n) is 10.3. The van der Waals surface area contributed by atoms with Gasteiger partial charge in [0.2, 0.25) is 0 Å². The first-order valence-corrected chi connectivity index (χ1v) is 8.40. The summed E-state index contributed by atoms with van der Waals surface area (Å²) in [5, 5.41) is -1.61. The monoisotopic (exact) mass is 302 g/mol. The van der Waals surface area contributed by atoms with Gasteiger partial charge in [0.15, 0.2) is 0 Å². The highest BCUT2D eigenvalue weighted by molar-refractivity contribution is 6.76. The Bertz CT molecular complexity index is 413. The van der Waals surface area contributed by atoms with E-state index in [0.29, 0.717) is 0 Å². The van der Waals surface area contributed by atoms with Crippen molar-refractivity contribution in [3.8, 4) is 0 Å². The van der Waals surface area contributed by atoms with Crippen molar-refractivity contribution in [2.45, 2.75) is 27.7 Å². The van der Waals surface area contributed by atoms with Crippen LogP contribution in [0.25, 0.3) is 0 Å². The lowest BCUT2D eigenvalue weighted by Crippen LogP contribution is -2.46. The van der Waals surface area contributed by atoms with Gasteiger partial charge in [0, 0.05) is 10.4 Å². The predicted octanol–water partition coefficient (Wildman–Crippen LogP) is 3.03. The van der Waals surface area contributed by atoms with E-state index in [-0.39, 0.29) is 22.3 Å². The van der Waals surface area contributed by atoms with Crippen LogP contribution in [-0.2, 0) is 0 Å². The summed E-state index contributed by atoms with van der Waals surface area (Å²) in [6.07, 6.45) is 0. The van der Waals surface area contributed by atoms with E-state index in [1.807, 2.05) is 0 Å². The molecule has 1 aromatic rings. The van der Waals surface area contributed by atoms with Crippen molar-refractivity contribution >= 4 is 28.5 Å². The first-order valence-electron chi connectivity index (χ1n) is 5.13. The van der Waals surface area contributed by atoms with Crippen molar-refractivity contribution in [1.82, 2.24) is 0 Å². The Balaban J connectivity index is 3.79. The number of hydrogen-bond donors (Lipinski definition) is 0. The number of benzene rings is 1. The molecule has 8 heteroatoms. The normalized spacial score (nSPS) is 13.0. The van der Waals surface area contributed by atoms with Crippen LogP contribution >= 0.6 is 0 Å². The Morgan fingerprint density at radius 1 is 0.500 bits per heavy atom. The van der Waals surface area contributed by atoms with Gasteiger partial charge < -0.3 is 0 Å². The Labute approximate surface area is 104 Å². The fraction of sp³-hybridized carbons (Fsp3) is 0.400. The van der Waals surface area contributed by atoms with Gasteiger partial charge >= 0.3 is 18.2 Å². The third-order valence-corrected chi connectivity index (χ3v) is 5.83. The van der Waals surface area contributed by atoms with Crippen molar-refractivity contribution < 1.29 is 24.6 Å². The summed E-state index contributed by atoms with van der Waals surface area (Å²) in [5.74, 6) is 0. The minimum Gasteiger partial charge on any atom is -0.234 e. The zero-order chi connectivity index (χ0) is 14.5. The van der Waals surface area contributed by atoms with Crippen LogP contribution in [0, 0.1) is 27.7 Å². The van der Waals surface area contributed by atoms with Crippen LogP contribution in [0.5, 0.6) is 0 Å². The van der Waals surface area contributed by atoms with Crippen molar-refractivity contribution in [3.63, 3.8) is 0 Å². The Kier molecular flexibility index (Phi) is 3.74. The topological polar surface area (TPSA) is 0 Å². The second-order valence-corrected chi connectivity index (χ2v) is 7.24. The van der Waals surface area contributed by atoms with E-state index in [1.54, 1.807) is 0 Å². The van der Waals surface area contributed by atoms with Gasteiger partial charge in [-0.1, -0.05) is 0 Å². The molecule has 0 N–H and O–H groups in total. The van der Waals surface area contributed by atoms with Crippen molar-refractivity contribution in [2.75, 3.05) is 0 Å². The van der Waals surface area contributed by atoms with Gasteiger partial charge in [0.25, 0.3) is 0 Å². The van der Waals surface area contributed by atoms with Crippen molar-refractivity contribution in [2.24, 2.45) is 0 Å². The summed E-state index contributed by atoms with van der Waals surface area (Å²) < 4.78 is 77.8. The third kappa shape index (κ3) is 2.49. The van der Waals surface area contributed by atoms with Gasteiger partial charge in [-0.3, -0.25) is 0 Å². The molecule has 0 aliphatic heterocycles. The summed E-state index contributed by atoms with van der Waals surface area (Å²) in [7, 11) is -12.2. The Morgan fingerprint density at radius 2 is 0.667 bits per heavy atom. The van der Waals surface area contributed by atoms with E-state index in [1.165, 1.54) is 0 Å². The van der Waals surface area contributed by atoms with Gasteiger partial charge in [-0.05, 0) is 49.9 Å². The Morgan fingerprint density at radius 3 is 0.778 bits per heavy atom. The van der Waals surface area contributed by atoms with Gasteiger partial charge in [-0.2, -0.15) is 0 Å². The molecule has 0 atom stereocenters. The minimum atomic E-state index is -6.12. The molecule has 0 nitrogen and oxygen atoms in total. The molecule has 0 radical (unpaired) electrons. The van der Waals surface area contributed by atoms with E-state index < -0.39 is 28.5 Å². The summed E-state index contributed by atoms with van der Waals surface area (Å²) in [6.45, 7) is 4.50. The summed E-state index contributed by atoms with van der Waals surface area (Å²) in [5.41, 5.74) is -1.07. The molecule has 0 aliphatic rings. The molecule has 102 valence electrons. The van der Waals surface area contributed by atoms with Crippen molar-refractivity contribution in [1.29, 1.82) is 0 Å². The molecule has 18 heavy (non-hydrogen) atoms. The molecule has 0 saturated heterocycles. The van der Waals surface area contributed by atoms with Crippen LogP contribution in [0.1, 0.15) is 22.3 Å². The predicted molar refractivity (Wildman–Crippen MR) is 62.8 cm³/mol. The van der Waals surface area contributed by atoms with E-state index in [2.05, 4.69) is 0 Å². The highest BCUT2D eigenvalue weighted by atomic mass is 28.5. The zero-order valence-corrected chi connectivity index (χ0v) is 12.3. The van der Waals surface area contributed by atoms with Crippen LogP contribution in [0.2, 0.25) is 0 Å². The third-order valence-electron chi connectivity index (χ3n) is 3.19. The van der Waals surface area contributed by atoms with Gasteiger partial charge in [0.05, 0.1) is 0 Å². The molecule has 0 fully saturated rings. The Hall–Kier alpha value is -0.766. The number of hydrogen-bond acceptors (Lipinski definition) is 0. The van der Waals surface area contributed by atoms with Gasteiger partial charge in [-0.25, -0.2) is 24.6 Å². The quantitative estimate of drug-likeness (QED) is 0.447. The lowest BCUT2D eigenvalue weighted by Gasteiger charge is -2.21. The van der Waals surface area contributed by atoms with Crippen LogP contribution in [0.4, 0.5) is 24.6 Å². The van der Waals surface area contributed by atoms with E-state index in [0.717, 1.165) is 27.7 Å². The van der Waals surface area contributed by atoms with Gasteiger partial charge in [-0.15, -0.1) is 0 Å². The highest BCUT2D eigenvalue weighted by Crippen LogP contribution is 2.23. The maximum atomic E-state index is 13.0. The second kappa shape index (κ2) is 4.41. The molecule has 0 heterocycles. The minimum absolute atomic E-state index is 0.267. The van der Waals surface area contributed by atoms with E-state index >= 15 is 0 Å². The largest absolute Gasteiger partial charge is 0.653 e. The molecular formula is C10H12F6Si2. The highest BCUT2D eigenvalue weighted by Gasteiger charge is 2.48. The molecule has 1 aromatic carbocycles. The summed E-state index contributed by atoms with van der Waals surface area (Å²) in [6, 6.07) is 0. The molecular weight excluding hydrogens is 290 g/mol. The molecule has 1 rings (SSSR count). The lowest BCUT2D eigenvalue weighted by atomic mass is 10.0. The number of rotatable bonds is 2. The molecule has 0 bridgehead atoms. The fourth-order valence-electron chi connectivity index (χ4n) is 2.16. The molecule has 0 spiro atoms. The first-order chi connectivity index (χ1) is 7.89. The van der Waals surface area contributed by atoms with Crippen LogP contribution < -0.4 is 10.4 Å². The standard InChI is InChI=1S/C10H12F6Si2/c1-5-6(2)10(18(14,15)16)8(4)7(3)9(5)17(11,12)13/h1-4H3. The maximum Gasteiger partial charge on any atom is 0.653 e. The second-order valence-electron chi connectivity index (χ2n) is 4.25. The number of halogens is 6. The molecule has 0 unspecified atom stereocenters. The average Bonchev–Trinajstić information content (AvgIpc) is 2.10. The first kappa shape index (κ1) is 15.3. The molecule has 0 aromatic heterocycles. The molecule has 0 aliphatic carbocycles. The van der Waals surface area contributed by atoms with E-state index in [4.69, 9.17) is 0 Å². The lowest BCUT2D eigenvalue weighted by molar-refractivity contribution is 0.495. The molecule has 0 amide bonds. The summed E-state index contributed by atoms with van der Waals surface area (Å²) in [4.78, 5) is 0. The summed E-state index contributed by atoms with van der Waals surface area (Å²) >= 11 is 0. The smallest absolute Gasteiger partial charge is 0.234 e. The van der Waals surface area contributed by atoms with Crippen molar-refractivity contribution in [3.05, 3.63) is 22.3 Å². The van der Waals surface area contributed by atoms with Gasteiger partial charge in [0.1, 0.15) is 0 Å².